The van der Waals surface area contributed by atoms with Crippen molar-refractivity contribution in [3.05, 3.63) is 53.9 Å². The third-order valence-corrected chi connectivity index (χ3v) is 6.61. The van der Waals surface area contributed by atoms with Crippen LogP contribution < -0.4 is 15.5 Å². The number of carbonyl (C=O) groups is 1. The van der Waals surface area contributed by atoms with Gasteiger partial charge < -0.3 is 15.6 Å². The van der Waals surface area contributed by atoms with Crippen LogP contribution in [0.2, 0.25) is 0 Å². The van der Waals surface area contributed by atoms with Gasteiger partial charge in [0.25, 0.3) is 15.9 Å². The minimum atomic E-state index is -3.75. The third kappa shape index (κ3) is 3.39. The second-order valence-electron chi connectivity index (χ2n) is 7.19. The van der Waals surface area contributed by atoms with E-state index in [2.05, 4.69) is 25.4 Å². The van der Waals surface area contributed by atoms with Crippen LogP contribution >= 0.6 is 0 Å². The molecule has 0 saturated carbocycles. The molecule has 1 aromatic carbocycles. The van der Waals surface area contributed by atoms with E-state index in [0.717, 1.165) is 29.7 Å². The van der Waals surface area contributed by atoms with Crippen molar-refractivity contribution in [1.29, 1.82) is 0 Å². The highest BCUT2D eigenvalue weighted by molar-refractivity contribution is 7.89. The number of amides is 1. The minimum absolute atomic E-state index is 0.114. The van der Waals surface area contributed by atoms with Gasteiger partial charge in [0.2, 0.25) is 0 Å². The van der Waals surface area contributed by atoms with Crippen molar-refractivity contribution in [3.63, 3.8) is 0 Å². The second kappa shape index (κ2) is 7.33. The maximum Gasteiger partial charge on any atom is 0.256 e. The number of rotatable bonds is 4. The molecule has 154 valence electrons. The fourth-order valence-electron chi connectivity index (χ4n) is 3.71. The van der Waals surface area contributed by atoms with Gasteiger partial charge in [-0.2, -0.15) is 0 Å². The molecule has 4 N–H and O–H groups in total. The molecule has 2 aromatic heterocycles. The number of carbonyl (C=O) groups excluding carboxylic acids is 1. The van der Waals surface area contributed by atoms with Gasteiger partial charge in [0, 0.05) is 66.3 Å². The van der Waals surface area contributed by atoms with Crippen molar-refractivity contribution in [2.24, 2.45) is 0 Å². The molecule has 0 radical (unpaired) electrons. The quantitative estimate of drug-likeness (QED) is 0.467. The molecule has 9 nitrogen and oxygen atoms in total. The van der Waals surface area contributed by atoms with Crippen molar-refractivity contribution in [1.82, 2.24) is 25.1 Å². The number of piperazine rings is 1. The average molecular weight is 424 g/mol. The number of sulfonamides is 1. The van der Waals surface area contributed by atoms with Crippen molar-refractivity contribution in [3.8, 4) is 0 Å². The van der Waals surface area contributed by atoms with E-state index in [0.29, 0.717) is 29.9 Å². The summed E-state index contributed by atoms with van der Waals surface area (Å²) in [6, 6.07) is 8.40. The SMILES string of the molecule is O=C1Nc2ccc(S(=O)(=O)NN3CCNCC3)cc2C1=Cc1c[nH]c2ncccc12. The van der Waals surface area contributed by atoms with Gasteiger partial charge in [-0.1, -0.05) is 0 Å². The van der Waals surface area contributed by atoms with E-state index in [4.69, 9.17) is 0 Å². The number of aromatic amines is 1. The largest absolute Gasteiger partial charge is 0.346 e. The standard InChI is InChI=1S/C20H20N6O3S/c27-20-17(10-13-12-23-19-15(13)2-1-5-22-19)16-11-14(3-4-18(16)24-20)30(28,29)25-26-8-6-21-7-9-26/h1-5,10-12,21,25H,6-9H2,(H,22,23)(H,24,27). The Balaban J connectivity index is 1.51. The Hall–Kier alpha value is -3.05. The molecule has 0 bridgehead atoms. The van der Waals surface area contributed by atoms with Gasteiger partial charge in [0.05, 0.1) is 4.90 Å². The summed E-state index contributed by atoms with van der Waals surface area (Å²) in [6.45, 7) is 2.61. The molecular formula is C20H20N6O3S. The number of aromatic nitrogens is 2. The van der Waals surface area contributed by atoms with E-state index in [1.165, 1.54) is 12.1 Å². The highest BCUT2D eigenvalue weighted by Gasteiger charge is 2.28. The second-order valence-corrected chi connectivity index (χ2v) is 8.86. The van der Waals surface area contributed by atoms with E-state index < -0.39 is 10.0 Å². The zero-order valence-corrected chi connectivity index (χ0v) is 16.8. The summed E-state index contributed by atoms with van der Waals surface area (Å²) >= 11 is 0. The summed E-state index contributed by atoms with van der Waals surface area (Å²) < 4.78 is 25.7. The highest BCUT2D eigenvalue weighted by atomic mass is 32.2. The molecule has 1 fully saturated rings. The van der Waals surface area contributed by atoms with Crippen LogP contribution in [0.1, 0.15) is 11.1 Å². The Bertz CT molecular complexity index is 1270. The summed E-state index contributed by atoms with van der Waals surface area (Å²) in [6.07, 6.45) is 5.22. The Kier molecular flexibility index (Phi) is 4.63. The average Bonchev–Trinajstić information content (AvgIpc) is 3.29. The summed E-state index contributed by atoms with van der Waals surface area (Å²) in [5, 5.41) is 8.55. The zero-order valence-electron chi connectivity index (χ0n) is 16.0. The van der Waals surface area contributed by atoms with Crippen LogP contribution in [0.25, 0.3) is 22.7 Å². The smallest absolute Gasteiger partial charge is 0.256 e. The number of anilines is 1. The lowest BCUT2D eigenvalue weighted by Gasteiger charge is -2.27. The number of fused-ring (bicyclic) bond motifs is 2. The van der Waals surface area contributed by atoms with E-state index in [-0.39, 0.29) is 10.8 Å². The van der Waals surface area contributed by atoms with Gasteiger partial charge in [-0.05, 0) is 36.4 Å². The molecule has 1 saturated heterocycles. The van der Waals surface area contributed by atoms with E-state index >= 15 is 0 Å². The van der Waals surface area contributed by atoms with Gasteiger partial charge in [-0.3, -0.25) is 4.79 Å². The Morgan fingerprint density at radius 1 is 1.17 bits per heavy atom. The highest BCUT2D eigenvalue weighted by Crippen LogP contribution is 2.35. The number of benzene rings is 1. The maximum absolute atomic E-state index is 12.9. The topological polar surface area (TPSA) is 119 Å². The normalized spacial score (nSPS) is 18.7. The number of hydrazine groups is 1. The summed E-state index contributed by atoms with van der Waals surface area (Å²) in [4.78, 5) is 22.7. The van der Waals surface area contributed by atoms with Gasteiger partial charge >= 0.3 is 0 Å². The molecule has 3 aromatic rings. The van der Waals surface area contributed by atoms with Crippen LogP contribution in [0.15, 0.2) is 47.6 Å². The number of nitrogens with zero attached hydrogens (tertiary/aromatic N) is 2. The number of hydrogen-bond donors (Lipinski definition) is 4. The fourth-order valence-corrected chi connectivity index (χ4v) is 4.86. The monoisotopic (exact) mass is 424 g/mol. The summed E-state index contributed by atoms with van der Waals surface area (Å²) in [5.74, 6) is -0.271. The van der Waals surface area contributed by atoms with Crippen molar-refractivity contribution >= 4 is 44.3 Å². The first-order valence-corrected chi connectivity index (χ1v) is 11.1. The van der Waals surface area contributed by atoms with Crippen LogP contribution in [0, 0.1) is 0 Å². The van der Waals surface area contributed by atoms with Gasteiger partial charge in [-0.25, -0.2) is 18.4 Å². The number of hydrogen-bond acceptors (Lipinski definition) is 6. The molecule has 0 atom stereocenters. The molecule has 2 aliphatic heterocycles. The molecule has 30 heavy (non-hydrogen) atoms. The van der Waals surface area contributed by atoms with E-state index in [1.807, 2.05) is 12.1 Å². The van der Waals surface area contributed by atoms with Gasteiger partial charge in [0.15, 0.2) is 0 Å². The zero-order chi connectivity index (χ0) is 20.7. The predicted octanol–water partition coefficient (Wildman–Crippen LogP) is 1.15. The molecule has 0 unspecified atom stereocenters. The van der Waals surface area contributed by atoms with Crippen LogP contribution in [0.3, 0.4) is 0 Å². The molecule has 2 aliphatic rings. The van der Waals surface area contributed by atoms with Gasteiger partial charge in [-0.15, -0.1) is 4.83 Å². The molecule has 1 amide bonds. The maximum atomic E-state index is 12.9. The lowest BCUT2D eigenvalue weighted by molar-refractivity contribution is -0.110. The first kappa shape index (κ1) is 18.9. The lowest BCUT2D eigenvalue weighted by atomic mass is 10.0. The van der Waals surface area contributed by atoms with Crippen LogP contribution in [0.4, 0.5) is 5.69 Å². The Labute approximate surface area is 173 Å². The van der Waals surface area contributed by atoms with Crippen LogP contribution in [0.5, 0.6) is 0 Å². The number of H-pyrrole nitrogens is 1. The van der Waals surface area contributed by atoms with E-state index in [1.54, 1.807) is 29.5 Å². The van der Waals surface area contributed by atoms with Crippen LogP contribution in [-0.4, -0.2) is 55.5 Å². The van der Waals surface area contributed by atoms with Gasteiger partial charge in [0.1, 0.15) is 5.65 Å². The molecule has 10 heteroatoms. The minimum Gasteiger partial charge on any atom is -0.346 e. The molecule has 4 heterocycles. The first-order chi connectivity index (χ1) is 14.5. The molecule has 0 spiro atoms. The van der Waals surface area contributed by atoms with E-state index in [9.17, 15) is 13.2 Å². The van der Waals surface area contributed by atoms with Crippen molar-refractivity contribution in [2.45, 2.75) is 4.90 Å². The summed E-state index contributed by atoms with van der Waals surface area (Å²) in [5.41, 5.74) is 3.09. The summed E-state index contributed by atoms with van der Waals surface area (Å²) in [7, 11) is -3.75. The lowest BCUT2D eigenvalue weighted by Crippen LogP contribution is -2.52. The third-order valence-electron chi connectivity index (χ3n) is 5.23. The van der Waals surface area contributed by atoms with Crippen molar-refractivity contribution in [2.75, 3.05) is 31.5 Å². The van der Waals surface area contributed by atoms with Crippen molar-refractivity contribution < 1.29 is 13.2 Å². The first-order valence-electron chi connectivity index (χ1n) is 9.59. The number of nitrogens with one attached hydrogen (secondary N) is 4. The fraction of sp³-hybridized carbons (Fsp3) is 0.200. The Morgan fingerprint density at radius 3 is 2.83 bits per heavy atom. The molecule has 0 aliphatic carbocycles. The Morgan fingerprint density at radius 2 is 2.00 bits per heavy atom. The molecular weight excluding hydrogens is 404 g/mol. The number of pyridine rings is 1. The van der Waals surface area contributed by atoms with Crippen LogP contribution in [-0.2, 0) is 14.8 Å². The predicted molar refractivity (Wildman–Crippen MR) is 114 cm³/mol. The molecule has 5 rings (SSSR count).